The van der Waals surface area contributed by atoms with Crippen LogP contribution < -0.4 is 4.74 Å². The molecule has 0 aliphatic carbocycles. The largest absolute Gasteiger partial charge is 0.574 e. The molecule has 10 heteroatoms. The highest BCUT2D eigenvalue weighted by molar-refractivity contribution is 14.1. The first-order valence-electron chi connectivity index (χ1n) is 3.73. The van der Waals surface area contributed by atoms with Crippen molar-refractivity contribution in [1.29, 1.82) is 0 Å². The zero-order chi connectivity index (χ0) is 13.4. The van der Waals surface area contributed by atoms with Crippen molar-refractivity contribution in [3.63, 3.8) is 0 Å². The summed E-state index contributed by atoms with van der Waals surface area (Å²) < 4.78 is 75.1. The number of pyridine rings is 1. The number of nitrogens with zero attached hydrogens (tertiary/aromatic N) is 1. The Kier molecular flexibility index (Phi) is 3.64. The van der Waals surface area contributed by atoms with Gasteiger partial charge in [0.1, 0.15) is 5.75 Å². The summed E-state index contributed by atoms with van der Waals surface area (Å²) in [5.74, 6) is -2.53. The van der Waals surface area contributed by atoms with Crippen LogP contribution in [-0.2, 0) is 6.18 Å². The molecule has 0 atom stereocenters. The van der Waals surface area contributed by atoms with Gasteiger partial charge in [-0.25, -0.2) is 4.98 Å². The van der Waals surface area contributed by atoms with Crippen molar-refractivity contribution in [3.8, 4) is 11.6 Å². The maximum absolute atomic E-state index is 12.2. The normalized spacial score (nSPS) is 12.6. The summed E-state index contributed by atoms with van der Waals surface area (Å²) in [5, 5.41) is 8.93. The fourth-order valence-electron chi connectivity index (χ4n) is 0.852. The van der Waals surface area contributed by atoms with E-state index in [9.17, 15) is 26.3 Å². The summed E-state index contributed by atoms with van der Waals surface area (Å²) in [6.45, 7) is 0. The van der Waals surface area contributed by atoms with E-state index in [2.05, 4.69) is 9.72 Å². The Hall–Kier alpha value is -0.940. The molecule has 0 aliphatic rings. The average Bonchev–Trinajstić information content (AvgIpc) is 2.05. The third-order valence-corrected chi connectivity index (χ3v) is 2.18. The molecule has 0 radical (unpaired) electrons. The topological polar surface area (TPSA) is 42.4 Å². The van der Waals surface area contributed by atoms with Crippen LogP contribution in [0.3, 0.4) is 0 Å². The number of aromatic hydroxyl groups is 1. The number of rotatable bonds is 1. The first kappa shape index (κ1) is 14.1. The molecule has 0 amide bonds. The first-order chi connectivity index (χ1) is 7.50. The molecule has 0 saturated heterocycles. The van der Waals surface area contributed by atoms with Crippen molar-refractivity contribution in [2.24, 2.45) is 0 Å². The van der Waals surface area contributed by atoms with Gasteiger partial charge in [-0.2, -0.15) is 13.2 Å². The molecule has 1 rings (SSSR count). The highest BCUT2D eigenvalue weighted by Gasteiger charge is 2.39. The molecule has 0 unspecified atom stereocenters. The standard InChI is InChI=1S/C7H2F6INO2/c8-6(9,10)4-3(16)1-2(14)5(15-4)17-7(11,12)13/h1,16H. The van der Waals surface area contributed by atoms with Crippen LogP contribution in [-0.4, -0.2) is 16.5 Å². The third kappa shape index (κ3) is 3.78. The lowest BCUT2D eigenvalue weighted by Gasteiger charge is -2.13. The van der Waals surface area contributed by atoms with E-state index < -0.39 is 33.4 Å². The predicted molar refractivity (Wildman–Crippen MR) is 50.3 cm³/mol. The lowest BCUT2D eigenvalue weighted by atomic mass is 10.3. The number of alkyl halides is 6. The Morgan fingerprint density at radius 1 is 1.18 bits per heavy atom. The average molecular weight is 373 g/mol. The molecule has 0 fully saturated rings. The number of aromatic nitrogens is 1. The fourth-order valence-corrected chi connectivity index (χ4v) is 1.38. The molecule has 1 aromatic rings. The van der Waals surface area contributed by atoms with Crippen LogP contribution in [0.15, 0.2) is 6.07 Å². The molecule has 96 valence electrons. The van der Waals surface area contributed by atoms with E-state index in [1.165, 1.54) is 22.6 Å². The number of ether oxygens (including phenoxy) is 1. The van der Waals surface area contributed by atoms with E-state index in [0.29, 0.717) is 6.07 Å². The van der Waals surface area contributed by atoms with Gasteiger partial charge in [0, 0.05) is 6.07 Å². The van der Waals surface area contributed by atoms with Crippen LogP contribution in [0.25, 0.3) is 0 Å². The SMILES string of the molecule is Oc1cc(I)c(OC(F)(F)F)nc1C(F)(F)F. The van der Waals surface area contributed by atoms with Gasteiger partial charge in [0.25, 0.3) is 0 Å². The number of hydrogen-bond acceptors (Lipinski definition) is 3. The summed E-state index contributed by atoms with van der Waals surface area (Å²) in [6, 6.07) is 0.484. The minimum atomic E-state index is -5.16. The number of hydrogen-bond donors (Lipinski definition) is 1. The van der Waals surface area contributed by atoms with Gasteiger partial charge in [0.2, 0.25) is 5.88 Å². The summed E-state index contributed by atoms with van der Waals surface area (Å²) in [6.07, 6.45) is -10.2. The van der Waals surface area contributed by atoms with Crippen molar-refractivity contribution in [2.45, 2.75) is 12.5 Å². The molecular weight excluding hydrogens is 371 g/mol. The molecule has 1 N–H and O–H groups in total. The maximum atomic E-state index is 12.2. The molecule has 1 aromatic heterocycles. The van der Waals surface area contributed by atoms with Crippen LogP contribution in [0, 0.1) is 3.57 Å². The lowest BCUT2D eigenvalue weighted by molar-refractivity contribution is -0.276. The second-order valence-corrected chi connectivity index (χ2v) is 3.85. The van der Waals surface area contributed by atoms with E-state index in [0.717, 1.165) is 0 Å². The Morgan fingerprint density at radius 2 is 1.71 bits per heavy atom. The lowest BCUT2D eigenvalue weighted by Crippen LogP contribution is -2.20. The van der Waals surface area contributed by atoms with Crippen LogP contribution >= 0.6 is 22.6 Å². The van der Waals surface area contributed by atoms with Crippen LogP contribution in [0.2, 0.25) is 0 Å². The second kappa shape index (κ2) is 4.38. The van der Waals surface area contributed by atoms with E-state index in [-0.39, 0.29) is 0 Å². The van der Waals surface area contributed by atoms with Crippen LogP contribution in [0.5, 0.6) is 11.6 Å². The molecule has 0 aliphatic heterocycles. The summed E-state index contributed by atoms with van der Waals surface area (Å²) in [4.78, 5) is 2.60. The van der Waals surface area contributed by atoms with E-state index in [1.807, 2.05) is 0 Å². The predicted octanol–water partition coefficient (Wildman–Crippen LogP) is 3.31. The Morgan fingerprint density at radius 3 is 2.12 bits per heavy atom. The Labute approximate surface area is 104 Å². The van der Waals surface area contributed by atoms with Gasteiger partial charge in [-0.15, -0.1) is 13.2 Å². The molecule has 1 heterocycles. The van der Waals surface area contributed by atoms with Gasteiger partial charge in [0.15, 0.2) is 5.69 Å². The van der Waals surface area contributed by atoms with Crippen molar-refractivity contribution in [1.82, 2.24) is 4.98 Å². The monoisotopic (exact) mass is 373 g/mol. The Balaban J connectivity index is 3.25. The van der Waals surface area contributed by atoms with Crippen molar-refractivity contribution in [2.75, 3.05) is 0 Å². The van der Waals surface area contributed by atoms with Crippen molar-refractivity contribution in [3.05, 3.63) is 15.3 Å². The quantitative estimate of drug-likeness (QED) is 0.607. The highest BCUT2D eigenvalue weighted by Crippen LogP contribution is 2.38. The molecule has 0 saturated carbocycles. The number of halogens is 7. The van der Waals surface area contributed by atoms with Gasteiger partial charge < -0.3 is 9.84 Å². The molecule has 0 aromatic carbocycles. The summed E-state index contributed by atoms with van der Waals surface area (Å²) in [7, 11) is 0. The second-order valence-electron chi connectivity index (χ2n) is 2.69. The molecule has 3 nitrogen and oxygen atoms in total. The fraction of sp³-hybridized carbons (Fsp3) is 0.286. The Bertz CT molecular complexity index is 430. The minimum absolute atomic E-state index is 0.398. The molecule has 0 spiro atoms. The van der Waals surface area contributed by atoms with Gasteiger partial charge in [-0.1, -0.05) is 0 Å². The van der Waals surface area contributed by atoms with Gasteiger partial charge in [0.05, 0.1) is 3.57 Å². The summed E-state index contributed by atoms with van der Waals surface area (Å²) >= 11 is 1.26. The molecular formula is C7H2F6INO2. The van der Waals surface area contributed by atoms with E-state index >= 15 is 0 Å². The van der Waals surface area contributed by atoms with Gasteiger partial charge in [-0.05, 0) is 22.6 Å². The van der Waals surface area contributed by atoms with E-state index in [1.54, 1.807) is 0 Å². The molecule has 0 bridgehead atoms. The van der Waals surface area contributed by atoms with Crippen molar-refractivity contribution >= 4 is 22.6 Å². The minimum Gasteiger partial charge on any atom is -0.506 e. The summed E-state index contributed by atoms with van der Waals surface area (Å²) in [5.41, 5.74) is -1.84. The first-order valence-corrected chi connectivity index (χ1v) is 4.81. The zero-order valence-corrected chi connectivity index (χ0v) is 9.68. The zero-order valence-electron chi connectivity index (χ0n) is 7.53. The van der Waals surface area contributed by atoms with Gasteiger partial charge >= 0.3 is 12.5 Å². The third-order valence-electron chi connectivity index (χ3n) is 1.40. The van der Waals surface area contributed by atoms with E-state index in [4.69, 9.17) is 5.11 Å². The van der Waals surface area contributed by atoms with Crippen LogP contribution in [0.4, 0.5) is 26.3 Å². The highest BCUT2D eigenvalue weighted by atomic mass is 127. The van der Waals surface area contributed by atoms with Crippen LogP contribution in [0.1, 0.15) is 5.69 Å². The van der Waals surface area contributed by atoms with Gasteiger partial charge in [-0.3, -0.25) is 0 Å². The molecule has 17 heavy (non-hydrogen) atoms. The maximum Gasteiger partial charge on any atom is 0.574 e. The van der Waals surface area contributed by atoms with Crippen molar-refractivity contribution < 1.29 is 36.2 Å². The smallest absolute Gasteiger partial charge is 0.506 e.